The topological polar surface area (TPSA) is 45.9 Å². The van der Waals surface area contributed by atoms with Gasteiger partial charge in [0.05, 0.1) is 40.2 Å². The fourth-order valence-electron chi connectivity index (χ4n) is 9.53. The molecule has 0 radical (unpaired) electrons. The van der Waals surface area contributed by atoms with Crippen LogP contribution in [0.5, 0.6) is 0 Å². The average Bonchev–Trinajstić information content (AvgIpc) is 4.09. The monoisotopic (exact) mass is 748 g/mol. The van der Waals surface area contributed by atoms with Crippen molar-refractivity contribution in [1.29, 1.82) is 0 Å². The fraction of sp³-hybridized carbons (Fsp3) is 0. The molecule has 13 rings (SSSR count). The maximum atomic E-state index is 7.20. The van der Waals surface area contributed by atoms with Crippen molar-refractivity contribution in [3.63, 3.8) is 0 Å². The Labute approximate surface area is 331 Å². The zero-order valence-corrected chi connectivity index (χ0v) is 31.2. The molecule has 4 aromatic heterocycles. The summed E-state index contributed by atoms with van der Waals surface area (Å²) in [4.78, 5) is 4.98. The van der Waals surface area contributed by atoms with Gasteiger partial charge in [-0.3, -0.25) is 0 Å². The standard InChI is InChI=1S/C50H29BN2O3S/c1-3-12-30(13-4-1)32-22-24-40-35(26-28-54-40)46(32)52-38-18-11-19-39-45(38)51(49-48(52)34-16-7-9-20-42(34)56-49)44-37-17-8-10-21-43(37)57-50(44)53(39)47-33(31-14-5-2-6-15-31)23-25-41-36(47)27-29-55-41/h1-29H. The average molecular weight is 749 g/mol. The molecule has 0 amide bonds. The Balaban J connectivity index is 1.20. The van der Waals surface area contributed by atoms with Gasteiger partial charge in [0.25, 0.3) is 6.71 Å². The number of nitrogens with zero attached hydrogens (tertiary/aromatic N) is 2. The molecule has 7 aromatic carbocycles. The van der Waals surface area contributed by atoms with E-state index in [4.69, 9.17) is 13.3 Å². The van der Waals surface area contributed by atoms with E-state index >= 15 is 0 Å². The summed E-state index contributed by atoms with van der Waals surface area (Å²) in [6.45, 7) is -0.176. The van der Waals surface area contributed by atoms with Crippen LogP contribution in [0.3, 0.4) is 0 Å². The number of rotatable bonds is 4. The van der Waals surface area contributed by atoms with Gasteiger partial charge in [-0.15, -0.1) is 11.3 Å². The second kappa shape index (κ2) is 11.6. The van der Waals surface area contributed by atoms with Gasteiger partial charge in [0.15, 0.2) is 0 Å². The lowest BCUT2D eigenvalue weighted by molar-refractivity contribution is 0.615. The van der Waals surface area contributed by atoms with Gasteiger partial charge in [0.1, 0.15) is 16.7 Å². The minimum atomic E-state index is -0.176. The van der Waals surface area contributed by atoms with Crippen molar-refractivity contribution in [2.75, 3.05) is 9.80 Å². The molecule has 5 nitrogen and oxygen atoms in total. The number of thiophene rings is 1. The Hall–Kier alpha value is -7.22. The van der Waals surface area contributed by atoms with Crippen molar-refractivity contribution < 1.29 is 13.3 Å². The second-order valence-corrected chi connectivity index (χ2v) is 15.8. The molecule has 0 bridgehead atoms. The molecule has 0 N–H and O–H groups in total. The van der Waals surface area contributed by atoms with E-state index in [0.29, 0.717) is 0 Å². The summed E-state index contributed by atoms with van der Waals surface area (Å²) < 4.78 is 20.7. The highest BCUT2D eigenvalue weighted by Gasteiger charge is 2.49. The number of hydrogen-bond acceptors (Lipinski definition) is 6. The van der Waals surface area contributed by atoms with Crippen molar-refractivity contribution in [2.24, 2.45) is 0 Å². The third kappa shape index (κ3) is 4.24. The van der Waals surface area contributed by atoms with Crippen LogP contribution in [0, 0.1) is 0 Å². The maximum Gasteiger partial charge on any atom is 0.298 e. The zero-order valence-electron chi connectivity index (χ0n) is 30.3. The van der Waals surface area contributed by atoms with Crippen LogP contribution < -0.4 is 26.4 Å². The predicted octanol–water partition coefficient (Wildman–Crippen LogP) is 12.6. The number of hydrogen-bond donors (Lipinski definition) is 0. The molecule has 0 saturated heterocycles. The summed E-state index contributed by atoms with van der Waals surface area (Å²) in [6.07, 6.45) is 3.60. The van der Waals surface area contributed by atoms with Gasteiger partial charge in [-0.1, -0.05) is 97.1 Å². The summed E-state index contributed by atoms with van der Waals surface area (Å²) in [6, 6.07) is 58.3. The number of para-hydroxylation sites is 1. The lowest BCUT2D eigenvalue weighted by Crippen LogP contribution is -2.60. The molecule has 266 valence electrons. The van der Waals surface area contributed by atoms with Crippen LogP contribution in [0.1, 0.15) is 0 Å². The van der Waals surface area contributed by atoms with E-state index in [-0.39, 0.29) is 6.71 Å². The van der Waals surface area contributed by atoms with Crippen molar-refractivity contribution in [3.05, 3.63) is 176 Å². The SMILES string of the molecule is c1ccc(-c2ccc3occc3c2N2c3cccc4c3B(c3oc5ccccc5c3N4c3c(-c4ccccc4)ccc4occc34)c3c2sc2ccccc32)cc1. The van der Waals surface area contributed by atoms with Crippen LogP contribution in [-0.4, -0.2) is 6.71 Å². The fourth-order valence-corrected chi connectivity index (χ4v) is 10.8. The van der Waals surface area contributed by atoms with Gasteiger partial charge in [-0.2, -0.15) is 0 Å². The normalized spacial score (nSPS) is 13.2. The van der Waals surface area contributed by atoms with Crippen LogP contribution in [0.25, 0.3) is 65.2 Å². The Kier molecular flexibility index (Phi) is 6.34. The van der Waals surface area contributed by atoms with Crippen LogP contribution in [-0.2, 0) is 0 Å². The minimum absolute atomic E-state index is 0.176. The van der Waals surface area contributed by atoms with Gasteiger partial charge in [0, 0.05) is 43.4 Å². The molecule has 0 fully saturated rings. The van der Waals surface area contributed by atoms with E-state index < -0.39 is 0 Å². The van der Waals surface area contributed by atoms with Crippen molar-refractivity contribution in [3.8, 4) is 22.3 Å². The molecule has 0 saturated carbocycles. The first-order valence-corrected chi connectivity index (χ1v) is 20.0. The van der Waals surface area contributed by atoms with Crippen LogP contribution in [0.2, 0.25) is 0 Å². The number of furan rings is 3. The van der Waals surface area contributed by atoms with Crippen molar-refractivity contribution in [2.45, 2.75) is 0 Å². The Morgan fingerprint density at radius 1 is 0.421 bits per heavy atom. The molecule has 0 atom stereocenters. The van der Waals surface area contributed by atoms with E-state index in [9.17, 15) is 0 Å². The molecular weight excluding hydrogens is 719 g/mol. The van der Waals surface area contributed by atoms with Gasteiger partial charge >= 0.3 is 0 Å². The second-order valence-electron chi connectivity index (χ2n) is 14.8. The minimum Gasteiger partial charge on any atom is -0.468 e. The van der Waals surface area contributed by atoms with Crippen LogP contribution in [0.4, 0.5) is 33.4 Å². The van der Waals surface area contributed by atoms with E-state index in [1.165, 1.54) is 26.0 Å². The molecule has 57 heavy (non-hydrogen) atoms. The van der Waals surface area contributed by atoms with Gasteiger partial charge in [-0.05, 0) is 94.2 Å². The summed E-state index contributed by atoms with van der Waals surface area (Å²) in [5.74, 6) is 0. The lowest BCUT2D eigenvalue weighted by Gasteiger charge is -2.42. The van der Waals surface area contributed by atoms with E-state index in [1.807, 2.05) is 11.3 Å². The highest BCUT2D eigenvalue weighted by molar-refractivity contribution is 7.26. The Morgan fingerprint density at radius 3 is 1.67 bits per heavy atom. The van der Waals surface area contributed by atoms with E-state index in [1.54, 1.807) is 12.5 Å². The molecule has 2 aliphatic heterocycles. The summed E-state index contributed by atoms with van der Waals surface area (Å²) >= 11 is 1.84. The molecule has 2 aliphatic rings. The van der Waals surface area contributed by atoms with Crippen LogP contribution >= 0.6 is 11.3 Å². The van der Waals surface area contributed by atoms with Crippen molar-refractivity contribution in [1.82, 2.24) is 0 Å². The summed E-state index contributed by atoms with van der Waals surface area (Å²) in [5, 5.41) is 5.57. The lowest BCUT2D eigenvalue weighted by atomic mass is 9.35. The molecule has 0 unspecified atom stereocenters. The quantitative estimate of drug-likeness (QED) is 0.168. The molecule has 7 heteroatoms. The first kappa shape index (κ1) is 31.0. The third-order valence-electron chi connectivity index (χ3n) is 11.8. The first-order chi connectivity index (χ1) is 28.3. The zero-order chi connectivity index (χ0) is 37.2. The number of anilines is 6. The summed E-state index contributed by atoms with van der Waals surface area (Å²) in [7, 11) is 0. The maximum absolute atomic E-state index is 7.20. The molecular formula is C50H29BN2O3S. The summed E-state index contributed by atoms with van der Waals surface area (Å²) in [5.41, 5.74) is 15.9. The third-order valence-corrected chi connectivity index (χ3v) is 13.0. The van der Waals surface area contributed by atoms with Crippen LogP contribution in [0.15, 0.2) is 190 Å². The van der Waals surface area contributed by atoms with E-state index in [2.05, 4.69) is 174 Å². The highest BCUT2D eigenvalue weighted by Crippen LogP contribution is 2.54. The Morgan fingerprint density at radius 2 is 0.982 bits per heavy atom. The molecule has 11 aromatic rings. The van der Waals surface area contributed by atoms with Crippen molar-refractivity contribution >= 4 is 111 Å². The van der Waals surface area contributed by atoms with Gasteiger partial charge < -0.3 is 23.1 Å². The molecule has 0 spiro atoms. The number of benzene rings is 7. The Bertz CT molecular complexity index is 3400. The molecule has 0 aliphatic carbocycles. The van der Waals surface area contributed by atoms with Gasteiger partial charge in [-0.25, -0.2) is 0 Å². The predicted molar refractivity (Wildman–Crippen MR) is 236 cm³/mol. The largest absolute Gasteiger partial charge is 0.468 e. The van der Waals surface area contributed by atoms with E-state index in [0.717, 1.165) is 89.3 Å². The highest BCUT2D eigenvalue weighted by atomic mass is 32.1. The molecule has 6 heterocycles. The number of fused-ring (bicyclic) bond motifs is 10. The first-order valence-electron chi connectivity index (χ1n) is 19.2. The van der Waals surface area contributed by atoms with Gasteiger partial charge in [0.2, 0.25) is 0 Å². The smallest absolute Gasteiger partial charge is 0.298 e.